The molecule has 1 N–H and O–H groups in total. The van der Waals surface area contributed by atoms with Crippen molar-refractivity contribution in [1.29, 1.82) is 0 Å². The first-order valence-corrected chi connectivity index (χ1v) is 6.65. The first kappa shape index (κ1) is 10.5. The summed E-state index contributed by atoms with van der Waals surface area (Å²) in [6.07, 6.45) is 6.93. The van der Waals surface area contributed by atoms with Gasteiger partial charge in [0, 0.05) is 31.6 Å². The molecule has 1 amide bonds. The SMILES string of the molecule is O=C1CCN(C2CCCNC2)N1C1CCC1. The van der Waals surface area contributed by atoms with E-state index in [0.29, 0.717) is 18.0 Å². The van der Waals surface area contributed by atoms with Gasteiger partial charge in [0.25, 0.3) is 0 Å². The van der Waals surface area contributed by atoms with Crippen molar-refractivity contribution in [3.63, 3.8) is 0 Å². The summed E-state index contributed by atoms with van der Waals surface area (Å²) in [5.41, 5.74) is 0. The zero-order valence-electron chi connectivity index (χ0n) is 9.82. The molecule has 1 saturated carbocycles. The van der Waals surface area contributed by atoms with Crippen LogP contribution in [0.1, 0.15) is 38.5 Å². The van der Waals surface area contributed by atoms with Crippen LogP contribution in [0.5, 0.6) is 0 Å². The fourth-order valence-corrected chi connectivity index (χ4v) is 3.07. The monoisotopic (exact) mass is 223 g/mol. The van der Waals surface area contributed by atoms with Crippen molar-refractivity contribution in [2.75, 3.05) is 19.6 Å². The molecule has 16 heavy (non-hydrogen) atoms. The van der Waals surface area contributed by atoms with Crippen LogP contribution in [0.2, 0.25) is 0 Å². The summed E-state index contributed by atoms with van der Waals surface area (Å²) in [5, 5.41) is 7.90. The van der Waals surface area contributed by atoms with Crippen molar-refractivity contribution < 1.29 is 4.79 Å². The quantitative estimate of drug-likeness (QED) is 0.750. The van der Waals surface area contributed by atoms with Gasteiger partial charge in [-0.3, -0.25) is 9.80 Å². The van der Waals surface area contributed by atoms with E-state index >= 15 is 0 Å². The zero-order valence-corrected chi connectivity index (χ0v) is 9.82. The van der Waals surface area contributed by atoms with Gasteiger partial charge in [0.1, 0.15) is 0 Å². The summed E-state index contributed by atoms with van der Waals surface area (Å²) in [5.74, 6) is 0.357. The number of hydrogen-bond donors (Lipinski definition) is 1. The summed E-state index contributed by atoms with van der Waals surface area (Å²) < 4.78 is 0. The highest BCUT2D eigenvalue weighted by atomic mass is 16.2. The molecule has 0 aromatic rings. The molecule has 0 aromatic heterocycles. The summed E-state index contributed by atoms with van der Waals surface area (Å²) in [6.45, 7) is 3.14. The minimum atomic E-state index is 0.357. The third-order valence-corrected chi connectivity index (χ3v) is 4.20. The lowest BCUT2D eigenvalue weighted by Gasteiger charge is -2.44. The van der Waals surface area contributed by atoms with Crippen molar-refractivity contribution in [2.24, 2.45) is 0 Å². The Bertz CT molecular complexity index is 271. The Kier molecular flexibility index (Phi) is 2.86. The van der Waals surface area contributed by atoms with E-state index in [2.05, 4.69) is 15.3 Å². The van der Waals surface area contributed by atoms with E-state index < -0.39 is 0 Å². The van der Waals surface area contributed by atoms with Crippen LogP contribution in [0, 0.1) is 0 Å². The second-order valence-electron chi connectivity index (χ2n) is 5.24. The van der Waals surface area contributed by atoms with E-state index in [1.54, 1.807) is 0 Å². The van der Waals surface area contributed by atoms with Crippen molar-refractivity contribution in [1.82, 2.24) is 15.3 Å². The fraction of sp³-hybridized carbons (Fsp3) is 0.917. The third kappa shape index (κ3) is 1.74. The molecular formula is C12H21N3O. The van der Waals surface area contributed by atoms with Crippen LogP contribution in [-0.2, 0) is 4.79 Å². The molecule has 3 aliphatic rings. The van der Waals surface area contributed by atoms with E-state index in [0.717, 1.165) is 26.1 Å². The van der Waals surface area contributed by atoms with E-state index in [1.165, 1.54) is 32.1 Å². The van der Waals surface area contributed by atoms with Crippen LogP contribution in [0.3, 0.4) is 0 Å². The van der Waals surface area contributed by atoms with Gasteiger partial charge in [-0.2, -0.15) is 0 Å². The zero-order chi connectivity index (χ0) is 11.0. The number of nitrogens with zero attached hydrogens (tertiary/aromatic N) is 2. The predicted molar refractivity (Wildman–Crippen MR) is 61.7 cm³/mol. The van der Waals surface area contributed by atoms with Gasteiger partial charge in [-0.15, -0.1) is 0 Å². The van der Waals surface area contributed by atoms with E-state index in [4.69, 9.17) is 0 Å². The lowest BCUT2D eigenvalue weighted by molar-refractivity contribution is -0.151. The maximum absolute atomic E-state index is 11.9. The summed E-state index contributed by atoms with van der Waals surface area (Å²) >= 11 is 0. The van der Waals surface area contributed by atoms with Gasteiger partial charge in [0.15, 0.2) is 0 Å². The van der Waals surface area contributed by atoms with Gasteiger partial charge in [0.05, 0.1) is 0 Å². The third-order valence-electron chi connectivity index (χ3n) is 4.20. The topological polar surface area (TPSA) is 35.6 Å². The Labute approximate surface area is 96.9 Å². The molecule has 1 unspecified atom stereocenters. The molecule has 1 atom stereocenters. The molecule has 0 bridgehead atoms. The fourth-order valence-electron chi connectivity index (χ4n) is 3.07. The highest BCUT2D eigenvalue weighted by molar-refractivity contribution is 5.78. The molecule has 4 heteroatoms. The lowest BCUT2D eigenvalue weighted by Crippen LogP contribution is -2.56. The maximum atomic E-state index is 11.9. The van der Waals surface area contributed by atoms with E-state index in [-0.39, 0.29) is 0 Å². The number of carbonyl (C=O) groups excluding carboxylic acids is 1. The van der Waals surface area contributed by atoms with Gasteiger partial charge < -0.3 is 5.32 Å². The Balaban J connectivity index is 1.69. The molecule has 3 rings (SSSR count). The number of nitrogens with one attached hydrogen (secondary N) is 1. The molecule has 2 heterocycles. The Hall–Kier alpha value is -0.610. The number of piperidine rings is 1. The van der Waals surface area contributed by atoms with Crippen LogP contribution < -0.4 is 5.32 Å². The normalized spacial score (nSPS) is 33.1. The molecule has 0 aromatic carbocycles. The van der Waals surface area contributed by atoms with Gasteiger partial charge in [-0.25, -0.2) is 5.01 Å². The summed E-state index contributed by atoms with van der Waals surface area (Å²) in [7, 11) is 0. The van der Waals surface area contributed by atoms with Gasteiger partial charge in [-0.1, -0.05) is 0 Å². The highest BCUT2D eigenvalue weighted by Gasteiger charge is 2.40. The van der Waals surface area contributed by atoms with Crippen molar-refractivity contribution in [3.05, 3.63) is 0 Å². The Morgan fingerprint density at radius 2 is 1.94 bits per heavy atom. The van der Waals surface area contributed by atoms with E-state index in [9.17, 15) is 4.79 Å². The standard InChI is InChI=1S/C12H21N3O/c16-12-6-8-14(11-5-2-7-13-9-11)15(12)10-3-1-4-10/h10-11,13H,1-9H2. The minimum absolute atomic E-state index is 0.357. The molecule has 0 spiro atoms. The van der Waals surface area contributed by atoms with Crippen LogP contribution in [0.4, 0.5) is 0 Å². The second kappa shape index (κ2) is 4.34. The van der Waals surface area contributed by atoms with Crippen molar-refractivity contribution in [3.8, 4) is 0 Å². The Morgan fingerprint density at radius 3 is 2.56 bits per heavy atom. The van der Waals surface area contributed by atoms with Gasteiger partial charge in [-0.05, 0) is 38.6 Å². The minimum Gasteiger partial charge on any atom is -0.315 e. The first-order chi connectivity index (χ1) is 7.86. The lowest BCUT2D eigenvalue weighted by atomic mass is 9.92. The summed E-state index contributed by atoms with van der Waals surface area (Å²) in [4.78, 5) is 11.9. The molecule has 0 radical (unpaired) electrons. The molecule has 2 aliphatic heterocycles. The van der Waals surface area contributed by atoms with Crippen LogP contribution in [-0.4, -0.2) is 47.6 Å². The highest BCUT2D eigenvalue weighted by Crippen LogP contribution is 2.31. The Morgan fingerprint density at radius 1 is 1.12 bits per heavy atom. The number of carbonyl (C=O) groups is 1. The van der Waals surface area contributed by atoms with E-state index in [1.807, 2.05) is 0 Å². The maximum Gasteiger partial charge on any atom is 0.238 e. The van der Waals surface area contributed by atoms with Crippen LogP contribution in [0.15, 0.2) is 0 Å². The molecule has 2 saturated heterocycles. The smallest absolute Gasteiger partial charge is 0.238 e. The largest absolute Gasteiger partial charge is 0.315 e. The molecular weight excluding hydrogens is 202 g/mol. The van der Waals surface area contributed by atoms with Gasteiger partial charge in [0.2, 0.25) is 5.91 Å². The molecule has 4 nitrogen and oxygen atoms in total. The van der Waals surface area contributed by atoms with Gasteiger partial charge >= 0.3 is 0 Å². The summed E-state index contributed by atoms with van der Waals surface area (Å²) in [6, 6.07) is 1.08. The molecule has 3 fully saturated rings. The number of rotatable bonds is 2. The number of amides is 1. The van der Waals surface area contributed by atoms with Crippen LogP contribution in [0.25, 0.3) is 0 Å². The first-order valence-electron chi connectivity index (χ1n) is 6.65. The average molecular weight is 223 g/mol. The molecule has 1 aliphatic carbocycles. The molecule has 90 valence electrons. The second-order valence-corrected chi connectivity index (χ2v) is 5.24. The van der Waals surface area contributed by atoms with Crippen LogP contribution >= 0.6 is 0 Å². The predicted octanol–water partition coefficient (Wildman–Crippen LogP) is 0.740. The number of hydrazine groups is 1. The van der Waals surface area contributed by atoms with Crippen molar-refractivity contribution >= 4 is 5.91 Å². The number of hydrogen-bond acceptors (Lipinski definition) is 3. The van der Waals surface area contributed by atoms with Crippen molar-refractivity contribution in [2.45, 2.75) is 50.6 Å². The average Bonchev–Trinajstić information content (AvgIpc) is 2.60.